The van der Waals surface area contributed by atoms with Gasteiger partial charge in [-0.1, -0.05) is 6.92 Å². The fourth-order valence-electron chi connectivity index (χ4n) is 0.645. The first-order valence-electron chi connectivity index (χ1n) is 3.27. The number of carbonyl (C=O) groups is 2. The van der Waals surface area contributed by atoms with Crippen molar-refractivity contribution in [2.75, 3.05) is 6.54 Å². The van der Waals surface area contributed by atoms with Crippen molar-refractivity contribution >= 4 is 12.0 Å². The van der Waals surface area contributed by atoms with Crippen LogP contribution in [0, 0.1) is 5.92 Å². The number of carboxylic acid groups (broad SMARTS) is 1. The van der Waals surface area contributed by atoms with Crippen molar-refractivity contribution in [2.45, 2.75) is 13.3 Å². The molecule has 64 valence electrons. The molecule has 0 aliphatic heterocycles. The van der Waals surface area contributed by atoms with Gasteiger partial charge in [0.15, 0.2) is 0 Å². The van der Waals surface area contributed by atoms with Crippen molar-refractivity contribution in [3.8, 4) is 0 Å². The van der Waals surface area contributed by atoms with E-state index in [0.717, 1.165) is 0 Å². The third-order valence-corrected chi connectivity index (χ3v) is 1.15. The first kappa shape index (κ1) is 9.74. The van der Waals surface area contributed by atoms with Gasteiger partial charge >= 0.3 is 12.0 Å². The van der Waals surface area contributed by atoms with Crippen LogP contribution in [0.2, 0.25) is 0 Å². The standard InChI is InChI=1S/C6H12N2O3/c1-4(2-5(9)10)3-8-6(7)11/h4H,2-3H2,1H3,(H,9,10)(H3,7,8,11). The number of urea groups is 1. The number of carbonyl (C=O) groups excluding carboxylic acids is 1. The molecule has 0 aromatic carbocycles. The maximum Gasteiger partial charge on any atom is 0.312 e. The summed E-state index contributed by atoms with van der Waals surface area (Å²) < 4.78 is 0. The summed E-state index contributed by atoms with van der Waals surface area (Å²) in [5, 5.41) is 10.6. The van der Waals surface area contributed by atoms with Gasteiger partial charge in [0.25, 0.3) is 0 Å². The number of nitrogens with two attached hydrogens (primary N) is 1. The molecule has 0 radical (unpaired) electrons. The van der Waals surface area contributed by atoms with Crippen molar-refractivity contribution in [3.63, 3.8) is 0 Å². The van der Waals surface area contributed by atoms with Gasteiger partial charge in [-0.15, -0.1) is 0 Å². The Morgan fingerprint density at radius 3 is 2.55 bits per heavy atom. The summed E-state index contributed by atoms with van der Waals surface area (Å²) in [5.41, 5.74) is 4.77. The van der Waals surface area contributed by atoms with Gasteiger partial charge in [0.05, 0.1) is 0 Å². The minimum Gasteiger partial charge on any atom is -0.481 e. The van der Waals surface area contributed by atoms with Gasteiger partial charge in [-0.05, 0) is 5.92 Å². The molecule has 0 saturated carbocycles. The monoisotopic (exact) mass is 160 g/mol. The predicted octanol–water partition coefficient (Wildman–Crippen LogP) is -0.235. The Morgan fingerprint density at radius 1 is 1.64 bits per heavy atom. The third-order valence-electron chi connectivity index (χ3n) is 1.15. The molecule has 5 nitrogen and oxygen atoms in total. The molecule has 0 aromatic heterocycles. The van der Waals surface area contributed by atoms with Gasteiger partial charge in [-0.3, -0.25) is 4.79 Å². The van der Waals surface area contributed by atoms with Gasteiger partial charge in [0.1, 0.15) is 0 Å². The lowest BCUT2D eigenvalue weighted by Crippen LogP contribution is -2.33. The number of nitrogens with one attached hydrogen (secondary N) is 1. The summed E-state index contributed by atoms with van der Waals surface area (Å²) in [7, 11) is 0. The molecular formula is C6H12N2O3. The van der Waals surface area contributed by atoms with Crippen LogP contribution in [0.4, 0.5) is 4.79 Å². The number of rotatable bonds is 4. The van der Waals surface area contributed by atoms with Crippen LogP contribution in [-0.2, 0) is 4.79 Å². The van der Waals surface area contributed by atoms with E-state index in [1.807, 2.05) is 0 Å². The summed E-state index contributed by atoms with van der Waals surface area (Å²) in [4.78, 5) is 20.3. The quantitative estimate of drug-likeness (QED) is 0.530. The Kier molecular flexibility index (Phi) is 4.02. The maximum absolute atomic E-state index is 10.2. The lowest BCUT2D eigenvalue weighted by molar-refractivity contribution is -0.137. The van der Waals surface area contributed by atoms with Crippen LogP contribution in [0.15, 0.2) is 0 Å². The molecule has 0 saturated heterocycles. The van der Waals surface area contributed by atoms with Crippen molar-refractivity contribution < 1.29 is 14.7 Å². The first-order chi connectivity index (χ1) is 5.02. The number of carboxylic acids is 1. The van der Waals surface area contributed by atoms with Crippen molar-refractivity contribution in [3.05, 3.63) is 0 Å². The molecule has 0 rings (SSSR count). The summed E-state index contributed by atoms with van der Waals surface area (Å²) in [5.74, 6) is -0.955. The zero-order valence-electron chi connectivity index (χ0n) is 6.33. The van der Waals surface area contributed by atoms with E-state index in [4.69, 9.17) is 10.8 Å². The molecule has 0 aliphatic rings. The molecule has 5 heteroatoms. The molecule has 0 heterocycles. The fraction of sp³-hybridized carbons (Fsp3) is 0.667. The fourth-order valence-corrected chi connectivity index (χ4v) is 0.645. The third kappa shape index (κ3) is 6.63. The van der Waals surface area contributed by atoms with Crippen LogP contribution < -0.4 is 11.1 Å². The van der Waals surface area contributed by atoms with Gasteiger partial charge in [0.2, 0.25) is 0 Å². The summed E-state index contributed by atoms with van der Waals surface area (Å²) in [6.45, 7) is 2.03. The average molecular weight is 160 g/mol. The van der Waals surface area contributed by atoms with Crippen LogP contribution in [-0.4, -0.2) is 23.7 Å². The Labute approximate surface area is 64.6 Å². The molecular weight excluding hydrogens is 148 g/mol. The van der Waals surface area contributed by atoms with Gasteiger partial charge < -0.3 is 16.2 Å². The zero-order chi connectivity index (χ0) is 8.85. The number of primary amides is 1. The van der Waals surface area contributed by atoms with E-state index in [1.54, 1.807) is 6.92 Å². The number of hydrogen-bond donors (Lipinski definition) is 3. The molecule has 1 atom stereocenters. The Bertz CT molecular complexity index is 158. The minimum atomic E-state index is -0.872. The second kappa shape index (κ2) is 4.54. The Morgan fingerprint density at radius 2 is 2.18 bits per heavy atom. The van der Waals surface area contributed by atoms with E-state index in [0.29, 0.717) is 6.54 Å². The van der Waals surface area contributed by atoms with Gasteiger partial charge in [-0.25, -0.2) is 4.79 Å². The zero-order valence-corrected chi connectivity index (χ0v) is 6.33. The molecule has 0 aliphatic carbocycles. The number of aliphatic carboxylic acids is 1. The number of hydrogen-bond acceptors (Lipinski definition) is 2. The Hall–Kier alpha value is -1.26. The second-order valence-electron chi connectivity index (χ2n) is 2.45. The van der Waals surface area contributed by atoms with E-state index in [-0.39, 0.29) is 12.3 Å². The van der Waals surface area contributed by atoms with Crippen LogP contribution in [0.5, 0.6) is 0 Å². The van der Waals surface area contributed by atoms with E-state index < -0.39 is 12.0 Å². The summed E-state index contributed by atoms with van der Waals surface area (Å²) >= 11 is 0. The van der Waals surface area contributed by atoms with Gasteiger partial charge in [-0.2, -0.15) is 0 Å². The molecule has 0 bridgehead atoms. The summed E-state index contributed by atoms with van der Waals surface area (Å²) in [6, 6.07) is -0.623. The minimum absolute atomic E-state index is 0.0419. The SMILES string of the molecule is CC(CNC(N)=O)CC(=O)O. The first-order valence-corrected chi connectivity index (χ1v) is 3.27. The lowest BCUT2D eigenvalue weighted by Gasteiger charge is -2.07. The van der Waals surface area contributed by atoms with Crippen LogP contribution >= 0.6 is 0 Å². The molecule has 1 unspecified atom stereocenters. The van der Waals surface area contributed by atoms with Crippen molar-refractivity contribution in [1.29, 1.82) is 0 Å². The topological polar surface area (TPSA) is 92.4 Å². The van der Waals surface area contributed by atoms with Crippen LogP contribution in [0.1, 0.15) is 13.3 Å². The molecule has 0 aromatic rings. The van der Waals surface area contributed by atoms with Crippen molar-refractivity contribution in [1.82, 2.24) is 5.32 Å². The van der Waals surface area contributed by atoms with E-state index >= 15 is 0 Å². The molecule has 4 N–H and O–H groups in total. The molecule has 11 heavy (non-hydrogen) atoms. The smallest absolute Gasteiger partial charge is 0.312 e. The second-order valence-corrected chi connectivity index (χ2v) is 2.45. The van der Waals surface area contributed by atoms with E-state index in [1.165, 1.54) is 0 Å². The highest BCUT2D eigenvalue weighted by Gasteiger charge is 2.07. The predicted molar refractivity (Wildman–Crippen MR) is 39.0 cm³/mol. The normalized spacial score (nSPS) is 12.1. The maximum atomic E-state index is 10.2. The van der Waals surface area contributed by atoms with E-state index in [2.05, 4.69) is 5.32 Å². The highest BCUT2D eigenvalue weighted by atomic mass is 16.4. The molecule has 0 spiro atoms. The van der Waals surface area contributed by atoms with Crippen molar-refractivity contribution in [2.24, 2.45) is 11.7 Å². The van der Waals surface area contributed by atoms with Crippen LogP contribution in [0.3, 0.4) is 0 Å². The highest BCUT2D eigenvalue weighted by Crippen LogP contribution is 1.98. The van der Waals surface area contributed by atoms with Crippen LogP contribution in [0.25, 0.3) is 0 Å². The van der Waals surface area contributed by atoms with E-state index in [9.17, 15) is 9.59 Å². The summed E-state index contributed by atoms with van der Waals surface area (Å²) in [6.07, 6.45) is 0.0419. The Balaban J connectivity index is 3.44. The molecule has 2 amide bonds. The lowest BCUT2D eigenvalue weighted by atomic mass is 10.1. The molecule has 0 fully saturated rings. The highest BCUT2D eigenvalue weighted by molar-refractivity contribution is 5.71. The number of amides is 2. The largest absolute Gasteiger partial charge is 0.481 e. The average Bonchev–Trinajstić information content (AvgIpc) is 1.82. The van der Waals surface area contributed by atoms with Gasteiger partial charge in [0, 0.05) is 13.0 Å².